The molecule has 1 heterocycles. The van der Waals surface area contributed by atoms with E-state index in [0.717, 1.165) is 24.2 Å². The number of aliphatic carboxylic acids is 1. The maximum absolute atomic E-state index is 14.1. The van der Waals surface area contributed by atoms with Crippen LogP contribution in [0.1, 0.15) is 47.3 Å². The van der Waals surface area contributed by atoms with Gasteiger partial charge in [-0.05, 0) is 30.4 Å². The maximum atomic E-state index is 14.1. The summed E-state index contributed by atoms with van der Waals surface area (Å²) >= 11 is 7.32. The molecule has 0 spiro atoms. The number of nitrogen functional groups attached to an aromatic ring is 1. The summed E-state index contributed by atoms with van der Waals surface area (Å²) in [6.07, 6.45) is 2.07. The van der Waals surface area contributed by atoms with E-state index in [-0.39, 0.29) is 28.5 Å². The summed E-state index contributed by atoms with van der Waals surface area (Å²) in [6, 6.07) is 4.65. The van der Waals surface area contributed by atoms with E-state index in [1.807, 2.05) is 0 Å². The zero-order chi connectivity index (χ0) is 18.7. The first-order chi connectivity index (χ1) is 11.8. The quantitative estimate of drug-likeness (QED) is 0.653. The van der Waals surface area contributed by atoms with Gasteiger partial charge in [-0.15, -0.1) is 11.3 Å². The molecule has 0 amide bonds. The Hall–Kier alpha value is -2.12. The summed E-state index contributed by atoms with van der Waals surface area (Å²) in [4.78, 5) is 21.3. The lowest BCUT2D eigenvalue weighted by Gasteiger charge is -2.04. The number of thiophene rings is 1. The fourth-order valence-corrected chi connectivity index (χ4v) is 3.88. The van der Waals surface area contributed by atoms with E-state index in [0.29, 0.717) is 15.5 Å². The first kappa shape index (κ1) is 19.2. The number of carbonyl (C=O) groups is 2. The van der Waals surface area contributed by atoms with Gasteiger partial charge in [-0.25, -0.2) is 9.18 Å². The van der Waals surface area contributed by atoms with Crippen molar-refractivity contribution in [2.75, 3.05) is 5.73 Å². The lowest BCUT2D eigenvalue weighted by Crippen LogP contribution is -1.96. The fraction of sp³-hybridized carbons (Fsp3) is 0.294. The molecule has 0 radical (unpaired) electrons. The van der Waals surface area contributed by atoms with E-state index in [1.54, 1.807) is 19.1 Å². The summed E-state index contributed by atoms with van der Waals surface area (Å²) in [5.74, 6) is -2.14. The highest BCUT2D eigenvalue weighted by Gasteiger charge is 2.34. The molecule has 8 heteroatoms. The molecule has 0 saturated heterocycles. The van der Waals surface area contributed by atoms with E-state index < -0.39 is 17.8 Å². The van der Waals surface area contributed by atoms with E-state index in [1.165, 1.54) is 6.07 Å². The molecular weight excluding hydrogens is 369 g/mol. The number of benzene rings is 1. The number of carboxylic acids is 2. The Labute approximate surface area is 152 Å². The van der Waals surface area contributed by atoms with Crippen LogP contribution < -0.4 is 5.73 Å². The van der Waals surface area contributed by atoms with Crippen LogP contribution >= 0.6 is 22.9 Å². The van der Waals surface area contributed by atoms with Gasteiger partial charge in [0.05, 0.1) is 15.6 Å². The Morgan fingerprint density at radius 2 is 1.96 bits per heavy atom. The van der Waals surface area contributed by atoms with Gasteiger partial charge in [-0.2, -0.15) is 0 Å². The highest BCUT2D eigenvalue weighted by atomic mass is 35.5. The lowest BCUT2D eigenvalue weighted by molar-refractivity contribution is -0.136. The van der Waals surface area contributed by atoms with Crippen LogP contribution in [0.15, 0.2) is 18.2 Å². The third-order valence-corrected chi connectivity index (χ3v) is 5.37. The number of nitrogens with two attached hydrogens (primary N) is 1. The molecule has 1 aromatic heterocycles. The average molecular weight is 386 g/mol. The van der Waals surface area contributed by atoms with Gasteiger partial charge < -0.3 is 15.9 Å². The van der Waals surface area contributed by atoms with Gasteiger partial charge in [-0.1, -0.05) is 30.7 Å². The summed E-state index contributed by atoms with van der Waals surface area (Å²) in [6.45, 7) is 1.60. The standard InChI is InChI=1S/C14H11ClFNO2S.C3H6O2/c15-10-9(6-4-5-6)13(14(18)19)20-12(10)7-2-1-3-8(17)11(7)16;1-2-3(4)5/h1-3,6H,4-5,17H2,(H,18,19);2H2,1H3,(H,4,5). The van der Waals surface area contributed by atoms with E-state index in [9.17, 15) is 19.1 Å². The van der Waals surface area contributed by atoms with Crippen LogP contribution in [0, 0.1) is 5.82 Å². The second-order valence-electron chi connectivity index (χ2n) is 5.52. The second kappa shape index (κ2) is 7.84. The van der Waals surface area contributed by atoms with Gasteiger partial charge in [0, 0.05) is 12.0 Å². The zero-order valence-corrected chi connectivity index (χ0v) is 15.0. The van der Waals surface area contributed by atoms with E-state index in [4.69, 9.17) is 22.4 Å². The van der Waals surface area contributed by atoms with Crippen LogP contribution in [-0.2, 0) is 4.79 Å². The molecule has 5 nitrogen and oxygen atoms in total. The van der Waals surface area contributed by atoms with Crippen LogP contribution in [0.4, 0.5) is 10.1 Å². The van der Waals surface area contributed by atoms with Crippen LogP contribution in [0.3, 0.4) is 0 Å². The Balaban J connectivity index is 0.000000399. The molecule has 0 unspecified atom stereocenters. The molecule has 4 N–H and O–H groups in total. The molecular formula is C17H17ClFNO4S. The molecule has 1 aliphatic rings. The minimum atomic E-state index is -1.02. The molecule has 3 rings (SSSR count). The molecule has 134 valence electrons. The van der Waals surface area contributed by atoms with Crippen LogP contribution in [-0.4, -0.2) is 22.2 Å². The number of carboxylic acid groups (broad SMARTS) is 2. The zero-order valence-electron chi connectivity index (χ0n) is 13.4. The smallest absolute Gasteiger partial charge is 0.346 e. The summed E-state index contributed by atoms with van der Waals surface area (Å²) in [5, 5.41) is 17.4. The Bertz CT molecular complexity index is 817. The minimum Gasteiger partial charge on any atom is -0.481 e. The number of aromatic carboxylic acids is 1. The monoisotopic (exact) mass is 385 g/mol. The van der Waals surface area contributed by atoms with Crippen molar-refractivity contribution in [2.45, 2.75) is 32.1 Å². The first-order valence-electron chi connectivity index (χ1n) is 7.59. The van der Waals surface area contributed by atoms with Crippen LogP contribution in [0.2, 0.25) is 5.02 Å². The Kier molecular flexibility index (Phi) is 6.02. The second-order valence-corrected chi connectivity index (χ2v) is 6.92. The van der Waals surface area contributed by atoms with Crippen molar-refractivity contribution in [3.8, 4) is 10.4 Å². The molecule has 0 bridgehead atoms. The number of rotatable bonds is 4. The van der Waals surface area contributed by atoms with Gasteiger partial charge in [-0.3, -0.25) is 4.79 Å². The Morgan fingerprint density at radius 1 is 1.36 bits per heavy atom. The predicted octanol–water partition coefficient (Wildman–Crippen LogP) is 4.85. The Morgan fingerprint density at radius 3 is 2.44 bits per heavy atom. The number of halogens is 2. The topological polar surface area (TPSA) is 101 Å². The lowest BCUT2D eigenvalue weighted by atomic mass is 10.1. The van der Waals surface area contributed by atoms with Crippen LogP contribution in [0.25, 0.3) is 10.4 Å². The molecule has 1 aromatic carbocycles. The molecule has 0 atom stereocenters. The molecule has 2 aromatic rings. The van der Waals surface area contributed by atoms with Gasteiger partial charge in [0.2, 0.25) is 0 Å². The maximum Gasteiger partial charge on any atom is 0.346 e. The number of anilines is 1. The van der Waals surface area contributed by atoms with Gasteiger partial charge in [0.25, 0.3) is 0 Å². The third kappa shape index (κ3) is 4.29. The van der Waals surface area contributed by atoms with Crippen molar-refractivity contribution in [3.63, 3.8) is 0 Å². The van der Waals surface area contributed by atoms with E-state index >= 15 is 0 Å². The van der Waals surface area contributed by atoms with Crippen LogP contribution in [0.5, 0.6) is 0 Å². The van der Waals surface area contributed by atoms with Crippen molar-refractivity contribution in [1.82, 2.24) is 0 Å². The van der Waals surface area contributed by atoms with Crippen molar-refractivity contribution in [3.05, 3.63) is 39.5 Å². The largest absolute Gasteiger partial charge is 0.481 e. The first-order valence-corrected chi connectivity index (χ1v) is 8.78. The van der Waals surface area contributed by atoms with E-state index in [2.05, 4.69) is 0 Å². The highest BCUT2D eigenvalue weighted by molar-refractivity contribution is 7.18. The fourth-order valence-electron chi connectivity index (χ4n) is 2.22. The van der Waals surface area contributed by atoms with Gasteiger partial charge in [0.15, 0.2) is 5.82 Å². The normalized spacial score (nSPS) is 13.1. The molecule has 1 fully saturated rings. The highest BCUT2D eigenvalue weighted by Crippen LogP contribution is 2.51. The van der Waals surface area contributed by atoms with Crippen molar-refractivity contribution < 1.29 is 24.2 Å². The minimum absolute atomic E-state index is 0.0248. The van der Waals surface area contributed by atoms with Crippen molar-refractivity contribution in [2.24, 2.45) is 0 Å². The molecule has 1 aliphatic carbocycles. The van der Waals surface area contributed by atoms with Gasteiger partial charge >= 0.3 is 11.9 Å². The summed E-state index contributed by atoms with van der Waals surface area (Å²) in [5.41, 5.74) is 6.48. The number of hydrogen-bond acceptors (Lipinski definition) is 4. The molecule has 1 saturated carbocycles. The van der Waals surface area contributed by atoms with Crippen molar-refractivity contribution in [1.29, 1.82) is 0 Å². The predicted molar refractivity (Wildman–Crippen MR) is 96.0 cm³/mol. The summed E-state index contributed by atoms with van der Waals surface area (Å²) in [7, 11) is 0. The number of hydrogen-bond donors (Lipinski definition) is 3. The molecule has 0 aliphatic heterocycles. The van der Waals surface area contributed by atoms with Crippen molar-refractivity contribution >= 4 is 40.6 Å². The van der Waals surface area contributed by atoms with Gasteiger partial charge in [0.1, 0.15) is 4.88 Å². The SMILES string of the molecule is CCC(=O)O.Nc1cccc(-c2sc(C(=O)O)c(C3CC3)c2Cl)c1F. The summed E-state index contributed by atoms with van der Waals surface area (Å²) < 4.78 is 14.1. The average Bonchev–Trinajstić information content (AvgIpc) is 3.34. The molecule has 25 heavy (non-hydrogen) atoms. The third-order valence-electron chi connectivity index (χ3n) is 3.64.